The highest BCUT2D eigenvalue weighted by Gasteiger charge is 2.29. The van der Waals surface area contributed by atoms with E-state index in [2.05, 4.69) is 43.4 Å². The predicted octanol–water partition coefficient (Wildman–Crippen LogP) is 4.32. The van der Waals surface area contributed by atoms with Crippen LogP contribution in [0.25, 0.3) is 11.1 Å². The van der Waals surface area contributed by atoms with Crippen LogP contribution < -0.4 is 5.32 Å². The van der Waals surface area contributed by atoms with E-state index in [1.54, 1.807) is 0 Å². The molecule has 0 unspecified atom stereocenters. The zero-order chi connectivity index (χ0) is 18.5. The number of carbonyl (C=O) groups is 1. The summed E-state index contributed by atoms with van der Waals surface area (Å²) in [5.41, 5.74) is 4.84. The van der Waals surface area contributed by atoms with Crippen molar-refractivity contribution in [1.29, 1.82) is 0 Å². The number of hydrogen-bond acceptors (Lipinski definition) is 3. The summed E-state index contributed by atoms with van der Waals surface area (Å²) >= 11 is 0. The van der Waals surface area contributed by atoms with Gasteiger partial charge in [-0.2, -0.15) is 0 Å². The van der Waals surface area contributed by atoms with Crippen LogP contribution in [0.2, 0.25) is 0 Å². The van der Waals surface area contributed by atoms with E-state index in [9.17, 15) is 9.90 Å². The molecule has 138 valence electrons. The van der Waals surface area contributed by atoms with Gasteiger partial charge in [-0.15, -0.1) is 0 Å². The second-order valence-corrected chi connectivity index (χ2v) is 7.31. The number of carbonyl (C=O) groups excluding carboxylic acids is 1. The highest BCUT2D eigenvalue weighted by molar-refractivity contribution is 5.79. The van der Waals surface area contributed by atoms with E-state index in [1.165, 1.54) is 22.3 Å². The normalized spacial score (nSPS) is 14.0. The van der Waals surface area contributed by atoms with Crippen molar-refractivity contribution in [2.45, 2.75) is 38.6 Å². The molecule has 0 saturated carbocycles. The maximum Gasteiger partial charge on any atom is 0.407 e. The van der Waals surface area contributed by atoms with Crippen LogP contribution in [0, 0.1) is 5.92 Å². The molecule has 0 heterocycles. The molecule has 0 aromatic heterocycles. The lowest BCUT2D eigenvalue weighted by atomic mass is 9.98. The molecule has 1 aliphatic carbocycles. The highest BCUT2D eigenvalue weighted by Crippen LogP contribution is 2.44. The van der Waals surface area contributed by atoms with E-state index in [0.29, 0.717) is 18.9 Å². The Morgan fingerprint density at radius 2 is 1.65 bits per heavy atom. The number of rotatable bonds is 7. The van der Waals surface area contributed by atoms with Gasteiger partial charge in [-0.25, -0.2) is 4.79 Å². The lowest BCUT2D eigenvalue weighted by Crippen LogP contribution is -2.37. The third-order valence-corrected chi connectivity index (χ3v) is 4.90. The monoisotopic (exact) mass is 353 g/mol. The molecular formula is C22H27NO3. The summed E-state index contributed by atoms with van der Waals surface area (Å²) in [7, 11) is 0. The molecule has 3 rings (SSSR count). The Hall–Kier alpha value is -2.33. The topological polar surface area (TPSA) is 58.6 Å². The van der Waals surface area contributed by atoms with Crippen molar-refractivity contribution < 1.29 is 14.6 Å². The molecule has 0 radical (unpaired) electrons. The summed E-state index contributed by atoms with van der Waals surface area (Å²) in [6, 6.07) is 16.5. The Kier molecular flexibility index (Phi) is 5.94. The number of alkyl carbamates (subject to hydrolysis) is 1. The number of hydrogen-bond donors (Lipinski definition) is 2. The molecule has 2 aromatic rings. The molecule has 0 bridgehead atoms. The number of benzene rings is 2. The maximum atomic E-state index is 12.3. The third-order valence-electron chi connectivity index (χ3n) is 4.90. The second-order valence-electron chi connectivity index (χ2n) is 7.31. The van der Waals surface area contributed by atoms with E-state index in [4.69, 9.17) is 4.74 Å². The molecule has 0 fully saturated rings. The quantitative estimate of drug-likeness (QED) is 0.779. The van der Waals surface area contributed by atoms with E-state index in [1.807, 2.05) is 24.3 Å². The van der Waals surface area contributed by atoms with Crippen LogP contribution in [0.15, 0.2) is 48.5 Å². The van der Waals surface area contributed by atoms with Crippen LogP contribution in [-0.4, -0.2) is 30.5 Å². The summed E-state index contributed by atoms with van der Waals surface area (Å²) in [4.78, 5) is 12.3. The summed E-state index contributed by atoms with van der Waals surface area (Å²) in [5.74, 6) is 0.509. The van der Waals surface area contributed by atoms with Crippen LogP contribution in [0.4, 0.5) is 4.79 Å². The SMILES string of the molecule is CC(C)C[C@@H](CCO)NC(=O)OCC1c2ccccc2-c2ccccc21. The van der Waals surface area contributed by atoms with E-state index in [-0.39, 0.29) is 18.6 Å². The van der Waals surface area contributed by atoms with Crippen molar-refractivity contribution in [1.82, 2.24) is 5.32 Å². The van der Waals surface area contributed by atoms with E-state index in [0.717, 1.165) is 6.42 Å². The number of nitrogens with one attached hydrogen (secondary N) is 1. The second kappa shape index (κ2) is 8.37. The lowest BCUT2D eigenvalue weighted by molar-refractivity contribution is 0.135. The van der Waals surface area contributed by atoms with Crippen molar-refractivity contribution >= 4 is 6.09 Å². The van der Waals surface area contributed by atoms with Gasteiger partial charge in [-0.05, 0) is 41.0 Å². The first-order chi connectivity index (χ1) is 12.6. The van der Waals surface area contributed by atoms with Gasteiger partial charge in [0.25, 0.3) is 0 Å². The van der Waals surface area contributed by atoms with Gasteiger partial charge in [0, 0.05) is 18.6 Å². The summed E-state index contributed by atoms with van der Waals surface area (Å²) in [6.45, 7) is 4.57. The standard InChI is InChI=1S/C22H27NO3/c1-15(2)13-16(11-12-24)23-22(25)26-14-21-19-9-5-3-7-17(19)18-8-4-6-10-20(18)21/h3-10,15-16,21,24H,11-14H2,1-2H3,(H,23,25)/t16-/m1/s1. The Labute approximate surface area is 155 Å². The highest BCUT2D eigenvalue weighted by atomic mass is 16.5. The molecular weight excluding hydrogens is 326 g/mol. The van der Waals surface area contributed by atoms with Crippen LogP contribution in [0.3, 0.4) is 0 Å². The van der Waals surface area contributed by atoms with Gasteiger partial charge in [-0.3, -0.25) is 0 Å². The summed E-state index contributed by atoms with van der Waals surface area (Å²) in [6.07, 6.45) is 0.957. The maximum absolute atomic E-state index is 12.3. The van der Waals surface area contributed by atoms with E-state index < -0.39 is 6.09 Å². The van der Waals surface area contributed by atoms with Crippen LogP contribution in [-0.2, 0) is 4.74 Å². The van der Waals surface area contributed by atoms with Gasteiger partial charge in [0.1, 0.15) is 6.61 Å². The Morgan fingerprint density at radius 1 is 1.08 bits per heavy atom. The predicted molar refractivity (Wildman–Crippen MR) is 103 cm³/mol. The third kappa shape index (κ3) is 4.07. The first-order valence-electron chi connectivity index (χ1n) is 9.32. The largest absolute Gasteiger partial charge is 0.449 e. The van der Waals surface area contributed by atoms with E-state index >= 15 is 0 Å². The number of ether oxygens (including phenoxy) is 1. The Bertz CT molecular complexity index is 711. The van der Waals surface area contributed by atoms with Gasteiger partial charge in [0.05, 0.1) is 0 Å². The fourth-order valence-corrected chi connectivity index (χ4v) is 3.78. The summed E-state index contributed by atoms with van der Waals surface area (Å²) in [5, 5.41) is 12.1. The first kappa shape index (κ1) is 18.5. The van der Waals surface area contributed by atoms with Crippen LogP contribution in [0.1, 0.15) is 43.7 Å². The van der Waals surface area contributed by atoms with Gasteiger partial charge in [-0.1, -0.05) is 62.4 Å². The summed E-state index contributed by atoms with van der Waals surface area (Å²) < 4.78 is 5.57. The average molecular weight is 353 g/mol. The van der Waals surface area contributed by atoms with Crippen molar-refractivity contribution in [3.05, 3.63) is 59.7 Å². The molecule has 0 spiro atoms. The smallest absolute Gasteiger partial charge is 0.407 e. The Balaban J connectivity index is 1.67. The molecule has 4 nitrogen and oxygen atoms in total. The number of aliphatic hydroxyl groups is 1. The van der Waals surface area contributed by atoms with Crippen molar-refractivity contribution in [3.8, 4) is 11.1 Å². The van der Waals surface area contributed by atoms with Crippen molar-refractivity contribution in [3.63, 3.8) is 0 Å². The van der Waals surface area contributed by atoms with Crippen molar-refractivity contribution in [2.75, 3.05) is 13.2 Å². The van der Waals surface area contributed by atoms with Gasteiger partial charge < -0.3 is 15.2 Å². The molecule has 0 aliphatic heterocycles. The molecule has 26 heavy (non-hydrogen) atoms. The fraction of sp³-hybridized carbons (Fsp3) is 0.409. The van der Waals surface area contributed by atoms with Gasteiger partial charge in [0.15, 0.2) is 0 Å². The minimum Gasteiger partial charge on any atom is -0.449 e. The molecule has 1 aliphatic rings. The molecule has 4 heteroatoms. The molecule has 2 N–H and O–H groups in total. The number of amides is 1. The van der Waals surface area contributed by atoms with Crippen LogP contribution >= 0.6 is 0 Å². The number of aliphatic hydroxyl groups excluding tert-OH is 1. The molecule has 1 amide bonds. The fourth-order valence-electron chi connectivity index (χ4n) is 3.78. The molecule has 0 saturated heterocycles. The average Bonchev–Trinajstić information content (AvgIpc) is 2.94. The zero-order valence-corrected chi connectivity index (χ0v) is 15.4. The van der Waals surface area contributed by atoms with Gasteiger partial charge >= 0.3 is 6.09 Å². The number of fused-ring (bicyclic) bond motifs is 3. The lowest BCUT2D eigenvalue weighted by Gasteiger charge is -2.20. The Morgan fingerprint density at radius 3 is 2.19 bits per heavy atom. The first-order valence-corrected chi connectivity index (χ1v) is 9.32. The molecule has 2 aromatic carbocycles. The van der Waals surface area contributed by atoms with Crippen LogP contribution in [0.5, 0.6) is 0 Å². The van der Waals surface area contributed by atoms with Crippen molar-refractivity contribution in [2.24, 2.45) is 5.92 Å². The van der Waals surface area contributed by atoms with Gasteiger partial charge in [0.2, 0.25) is 0 Å². The zero-order valence-electron chi connectivity index (χ0n) is 15.4. The minimum atomic E-state index is -0.411. The minimum absolute atomic E-state index is 0.0566. The molecule has 1 atom stereocenters.